The van der Waals surface area contributed by atoms with Crippen LogP contribution in [0, 0.1) is 0 Å². The summed E-state index contributed by atoms with van der Waals surface area (Å²) in [5.74, 6) is 0. The van der Waals surface area contributed by atoms with E-state index in [1.54, 1.807) is 18.2 Å². The van der Waals surface area contributed by atoms with Crippen LogP contribution in [-0.2, 0) is 6.54 Å². The summed E-state index contributed by atoms with van der Waals surface area (Å²) in [5, 5.41) is 0.405. The van der Waals surface area contributed by atoms with E-state index in [1.807, 2.05) is 12.1 Å². The summed E-state index contributed by atoms with van der Waals surface area (Å²) in [6.07, 6.45) is 0. The van der Waals surface area contributed by atoms with Crippen molar-refractivity contribution in [1.82, 2.24) is 4.40 Å². The maximum Gasteiger partial charge on any atom is 0.260 e. The highest BCUT2D eigenvalue weighted by molar-refractivity contribution is 6.29. The van der Waals surface area contributed by atoms with Crippen LogP contribution in [0.25, 0.3) is 5.52 Å². The largest absolute Gasteiger partial charge is 0.326 e. The van der Waals surface area contributed by atoms with Crippen molar-refractivity contribution in [3.63, 3.8) is 0 Å². The van der Waals surface area contributed by atoms with Crippen molar-refractivity contribution in [1.29, 1.82) is 0 Å². The van der Waals surface area contributed by atoms with Crippen LogP contribution in [0.2, 0.25) is 5.15 Å². The number of halogens is 1. The number of hydrogen-bond acceptors (Lipinski definition) is 2. The fraction of sp³-hybridized carbons (Fsp3) is 0.100. The van der Waals surface area contributed by atoms with Crippen molar-refractivity contribution in [3.8, 4) is 0 Å². The predicted octanol–water partition coefficient (Wildman–Crippen LogP) is 1.41. The van der Waals surface area contributed by atoms with E-state index in [2.05, 4.69) is 0 Å². The molecule has 2 rings (SSSR count). The Morgan fingerprint density at radius 1 is 1.29 bits per heavy atom. The van der Waals surface area contributed by atoms with Crippen LogP contribution < -0.4 is 11.3 Å². The van der Waals surface area contributed by atoms with Gasteiger partial charge in [-0.1, -0.05) is 23.7 Å². The molecule has 0 aliphatic rings. The molecular formula is C10H9ClN2O. The fourth-order valence-electron chi connectivity index (χ4n) is 1.40. The van der Waals surface area contributed by atoms with Gasteiger partial charge in [-0.3, -0.25) is 9.20 Å². The van der Waals surface area contributed by atoms with E-state index in [1.165, 1.54) is 4.40 Å². The van der Waals surface area contributed by atoms with E-state index in [4.69, 9.17) is 17.3 Å². The second-order valence-electron chi connectivity index (χ2n) is 2.98. The molecule has 0 bridgehead atoms. The molecule has 0 atom stereocenters. The smallest absolute Gasteiger partial charge is 0.260 e. The van der Waals surface area contributed by atoms with E-state index in [0.29, 0.717) is 10.7 Å². The number of aromatic nitrogens is 1. The zero-order valence-corrected chi connectivity index (χ0v) is 8.16. The molecule has 0 fully saturated rings. The second kappa shape index (κ2) is 3.44. The van der Waals surface area contributed by atoms with Gasteiger partial charge in [0.05, 0.1) is 5.52 Å². The lowest BCUT2D eigenvalue weighted by Crippen LogP contribution is -2.20. The van der Waals surface area contributed by atoms with Crippen LogP contribution in [0.15, 0.2) is 35.1 Å². The van der Waals surface area contributed by atoms with Crippen LogP contribution in [0.5, 0.6) is 0 Å². The summed E-state index contributed by atoms with van der Waals surface area (Å²) in [4.78, 5) is 11.8. The van der Waals surface area contributed by atoms with Gasteiger partial charge in [0.25, 0.3) is 5.56 Å². The molecule has 14 heavy (non-hydrogen) atoms. The minimum absolute atomic E-state index is 0.143. The highest BCUT2D eigenvalue weighted by atomic mass is 35.5. The average Bonchev–Trinajstić information content (AvgIpc) is 2.18. The van der Waals surface area contributed by atoms with Crippen LogP contribution in [0.4, 0.5) is 0 Å². The molecule has 2 aromatic rings. The Balaban J connectivity index is 2.94. The van der Waals surface area contributed by atoms with E-state index in [-0.39, 0.29) is 12.1 Å². The van der Waals surface area contributed by atoms with Crippen molar-refractivity contribution < 1.29 is 0 Å². The number of hydrogen-bond donors (Lipinski definition) is 1. The summed E-state index contributed by atoms with van der Waals surface area (Å²) in [6, 6.07) is 8.87. The highest BCUT2D eigenvalue weighted by Crippen LogP contribution is 2.10. The van der Waals surface area contributed by atoms with Crippen LogP contribution in [0.3, 0.4) is 0 Å². The Morgan fingerprint density at radius 2 is 2.07 bits per heavy atom. The Hall–Kier alpha value is -1.32. The van der Waals surface area contributed by atoms with Gasteiger partial charge in [-0.05, 0) is 18.2 Å². The molecule has 0 unspecified atom stereocenters. The van der Waals surface area contributed by atoms with Crippen molar-refractivity contribution in [3.05, 3.63) is 51.4 Å². The molecule has 2 N–H and O–H groups in total. The molecule has 3 nitrogen and oxygen atoms in total. The summed E-state index contributed by atoms with van der Waals surface area (Å²) < 4.78 is 1.45. The third-order valence-electron chi connectivity index (χ3n) is 2.13. The topological polar surface area (TPSA) is 47.5 Å². The van der Waals surface area contributed by atoms with Crippen molar-refractivity contribution in [2.45, 2.75) is 6.54 Å². The molecule has 0 aromatic carbocycles. The van der Waals surface area contributed by atoms with Gasteiger partial charge in [-0.25, -0.2) is 0 Å². The monoisotopic (exact) mass is 208 g/mol. The van der Waals surface area contributed by atoms with Gasteiger partial charge in [0.1, 0.15) is 5.15 Å². The number of fused-ring (bicyclic) bond motifs is 1. The van der Waals surface area contributed by atoms with Crippen molar-refractivity contribution in [2.75, 3.05) is 0 Å². The van der Waals surface area contributed by atoms with Gasteiger partial charge in [-0.15, -0.1) is 0 Å². The number of pyridine rings is 2. The molecular weight excluding hydrogens is 200 g/mol. The molecule has 72 valence electrons. The van der Waals surface area contributed by atoms with Gasteiger partial charge in [0.15, 0.2) is 0 Å². The first kappa shape index (κ1) is 9.24. The van der Waals surface area contributed by atoms with Gasteiger partial charge in [0, 0.05) is 12.1 Å². The van der Waals surface area contributed by atoms with Crippen LogP contribution in [0.1, 0.15) is 5.56 Å². The number of nitrogens with zero attached hydrogens (tertiary/aromatic N) is 1. The first-order chi connectivity index (χ1) is 6.74. The lowest BCUT2D eigenvalue weighted by Gasteiger charge is -2.04. The standard InChI is InChI=1S/C10H9ClN2O/c11-9-3-1-2-8-5-4-7(6-12)10(14)13(8)9/h1-5H,6,12H2. The zero-order chi connectivity index (χ0) is 10.1. The maximum absolute atomic E-state index is 11.8. The second-order valence-corrected chi connectivity index (χ2v) is 3.36. The number of nitrogens with two attached hydrogens (primary N) is 1. The third-order valence-corrected chi connectivity index (χ3v) is 2.42. The van der Waals surface area contributed by atoms with Crippen LogP contribution >= 0.6 is 11.6 Å². The average molecular weight is 209 g/mol. The van der Waals surface area contributed by atoms with Gasteiger partial charge < -0.3 is 5.73 Å². The maximum atomic E-state index is 11.8. The molecule has 2 heterocycles. The summed E-state index contributed by atoms with van der Waals surface area (Å²) >= 11 is 5.91. The molecule has 0 saturated carbocycles. The molecule has 4 heteroatoms. The number of rotatable bonds is 1. The van der Waals surface area contributed by atoms with E-state index in [9.17, 15) is 4.79 Å². The lowest BCUT2D eigenvalue weighted by molar-refractivity contribution is 0.980. The first-order valence-corrected chi connectivity index (χ1v) is 4.61. The van der Waals surface area contributed by atoms with E-state index < -0.39 is 0 Å². The van der Waals surface area contributed by atoms with Crippen molar-refractivity contribution >= 4 is 17.1 Å². The minimum Gasteiger partial charge on any atom is -0.326 e. The third kappa shape index (κ3) is 1.31. The molecule has 0 aliphatic heterocycles. The van der Waals surface area contributed by atoms with E-state index >= 15 is 0 Å². The van der Waals surface area contributed by atoms with Gasteiger partial charge >= 0.3 is 0 Å². The lowest BCUT2D eigenvalue weighted by atomic mass is 10.2. The quantitative estimate of drug-likeness (QED) is 0.721. The predicted molar refractivity (Wildman–Crippen MR) is 56.6 cm³/mol. The Kier molecular flexibility index (Phi) is 2.27. The normalized spacial score (nSPS) is 10.7. The van der Waals surface area contributed by atoms with Crippen molar-refractivity contribution in [2.24, 2.45) is 5.73 Å². The van der Waals surface area contributed by atoms with Crippen LogP contribution in [-0.4, -0.2) is 4.40 Å². The molecule has 2 aromatic heterocycles. The fourth-order valence-corrected chi connectivity index (χ4v) is 1.65. The van der Waals surface area contributed by atoms with E-state index in [0.717, 1.165) is 5.52 Å². The SMILES string of the molecule is NCc1ccc2cccc(Cl)n2c1=O. The Morgan fingerprint density at radius 3 is 2.79 bits per heavy atom. The molecule has 0 radical (unpaired) electrons. The first-order valence-electron chi connectivity index (χ1n) is 4.23. The molecule has 0 aliphatic carbocycles. The Bertz CT molecular complexity index is 533. The zero-order valence-electron chi connectivity index (χ0n) is 7.40. The van der Waals surface area contributed by atoms with Gasteiger partial charge in [0.2, 0.25) is 0 Å². The molecule has 0 amide bonds. The minimum atomic E-state index is -0.143. The highest BCUT2D eigenvalue weighted by Gasteiger charge is 2.03. The summed E-state index contributed by atoms with van der Waals surface area (Å²) in [6.45, 7) is 0.229. The summed E-state index contributed by atoms with van der Waals surface area (Å²) in [7, 11) is 0. The molecule has 0 saturated heterocycles. The Labute approximate surface area is 85.7 Å². The summed E-state index contributed by atoms with van der Waals surface area (Å²) in [5.41, 5.74) is 6.64. The molecule has 0 spiro atoms. The van der Waals surface area contributed by atoms with Gasteiger partial charge in [-0.2, -0.15) is 0 Å².